The van der Waals surface area contributed by atoms with Gasteiger partial charge in [-0.05, 0) is 92.2 Å². The lowest BCUT2D eigenvalue weighted by atomic mass is 10.2. The van der Waals surface area contributed by atoms with Gasteiger partial charge in [0.25, 0.3) is 0 Å². The van der Waals surface area contributed by atoms with Crippen molar-refractivity contribution in [1.29, 1.82) is 0 Å². The third-order valence-electron chi connectivity index (χ3n) is 5.08. The lowest BCUT2D eigenvalue weighted by molar-refractivity contribution is -0.138. The number of hydrogen-bond donors (Lipinski definition) is 5. The van der Waals surface area contributed by atoms with Gasteiger partial charge in [0.15, 0.2) is 0 Å². The van der Waals surface area contributed by atoms with Crippen molar-refractivity contribution in [3.05, 3.63) is 71.3 Å². The van der Waals surface area contributed by atoms with Gasteiger partial charge in [0, 0.05) is 22.1 Å². The maximum atomic E-state index is 10.0. The van der Waals surface area contributed by atoms with Crippen LogP contribution in [0.15, 0.2) is 48.5 Å². The molecule has 3 aromatic heterocycles. The molecular formula is C25H26N6O2. The largest absolute Gasteiger partial charge is 0.480 e. The van der Waals surface area contributed by atoms with Gasteiger partial charge < -0.3 is 26.5 Å². The number of rotatable bonds is 4. The summed E-state index contributed by atoms with van der Waals surface area (Å²) in [6.07, 6.45) is 9.19. The van der Waals surface area contributed by atoms with E-state index in [0.29, 0.717) is 19.4 Å². The fourth-order valence-corrected chi connectivity index (χ4v) is 3.41. The zero-order valence-corrected chi connectivity index (χ0v) is 18.0. The van der Waals surface area contributed by atoms with E-state index in [2.05, 4.69) is 50.3 Å². The van der Waals surface area contributed by atoms with E-state index in [1.807, 2.05) is 42.5 Å². The number of aromatic amines is 2. The first-order valence-electron chi connectivity index (χ1n) is 10.7. The minimum absolute atomic E-state index is 0.464. The first-order valence-corrected chi connectivity index (χ1v) is 10.7. The highest BCUT2D eigenvalue weighted by molar-refractivity contribution is 5.77. The molecule has 0 fully saturated rings. The van der Waals surface area contributed by atoms with Crippen LogP contribution in [-0.4, -0.2) is 43.6 Å². The van der Waals surface area contributed by atoms with Crippen molar-refractivity contribution in [2.24, 2.45) is 11.5 Å². The molecule has 0 saturated carbocycles. The molecule has 0 amide bonds. The van der Waals surface area contributed by atoms with Gasteiger partial charge in [-0.15, -0.1) is 0 Å². The highest BCUT2D eigenvalue weighted by atomic mass is 16.4. The minimum Gasteiger partial charge on any atom is -0.480 e. The van der Waals surface area contributed by atoms with Gasteiger partial charge in [0.1, 0.15) is 6.04 Å². The van der Waals surface area contributed by atoms with E-state index in [1.54, 1.807) is 0 Å². The summed E-state index contributed by atoms with van der Waals surface area (Å²) >= 11 is 0. The summed E-state index contributed by atoms with van der Waals surface area (Å²) in [7, 11) is 0. The predicted octanol–water partition coefficient (Wildman–Crippen LogP) is 3.79. The van der Waals surface area contributed by atoms with Crippen LogP contribution in [0.1, 0.15) is 35.6 Å². The maximum absolute atomic E-state index is 10.0. The molecular weight excluding hydrogens is 416 g/mol. The normalized spacial score (nSPS) is 12.8. The van der Waals surface area contributed by atoms with E-state index in [1.165, 1.54) is 0 Å². The highest BCUT2D eigenvalue weighted by Gasteiger charge is 2.08. The molecule has 0 aliphatic carbocycles. The summed E-state index contributed by atoms with van der Waals surface area (Å²) in [5.41, 5.74) is 18.1. The molecule has 5 heterocycles. The van der Waals surface area contributed by atoms with Gasteiger partial charge in [-0.2, -0.15) is 0 Å². The Balaban J connectivity index is 0.000000248. The molecule has 2 aliphatic rings. The molecule has 1 atom stereocenters. The van der Waals surface area contributed by atoms with Gasteiger partial charge in [-0.25, -0.2) is 9.97 Å². The van der Waals surface area contributed by atoms with Gasteiger partial charge in [-0.1, -0.05) is 0 Å². The molecule has 8 bridgehead atoms. The SMILES string of the molecule is C1=Cc2cc3ccc(cc4ccc(cc5nc(cc1n2)C=C5)[nH]4)[nH]3.NCCC[C@@H](N)C(=O)O. The fraction of sp³-hybridized carbons (Fsp3) is 0.160. The number of nitrogens with one attached hydrogen (secondary N) is 2. The van der Waals surface area contributed by atoms with Crippen LogP contribution in [0, 0.1) is 0 Å². The topological polar surface area (TPSA) is 147 Å². The third kappa shape index (κ3) is 6.03. The summed E-state index contributed by atoms with van der Waals surface area (Å²) in [6.45, 7) is 0.501. The third-order valence-corrected chi connectivity index (χ3v) is 5.08. The smallest absolute Gasteiger partial charge is 0.320 e. The first-order chi connectivity index (χ1) is 16.0. The molecule has 168 valence electrons. The number of aliphatic carboxylic acids is 1. The molecule has 3 aromatic rings. The standard InChI is InChI=1S/C20H14N4.C5H12N2O2/c1-2-14-10-16-5-6-18(23-16)12-20-8-7-19(24-20)11-17-4-3-15(22-17)9-13(1)21-14;6-3-1-2-4(7)5(8)9/h1-12,21-22H;4H,1-3,6-7H2,(H,8,9)/t;4-/m.1/s1. The molecule has 2 aliphatic heterocycles. The van der Waals surface area contributed by atoms with Crippen LogP contribution >= 0.6 is 0 Å². The van der Waals surface area contributed by atoms with Crippen molar-refractivity contribution in [3.8, 4) is 0 Å². The maximum Gasteiger partial charge on any atom is 0.320 e. The lowest BCUT2D eigenvalue weighted by Crippen LogP contribution is -2.30. The van der Waals surface area contributed by atoms with Crippen molar-refractivity contribution < 1.29 is 9.90 Å². The number of aromatic nitrogens is 4. The zero-order valence-electron chi connectivity index (χ0n) is 18.0. The van der Waals surface area contributed by atoms with Crippen LogP contribution in [0.5, 0.6) is 0 Å². The highest BCUT2D eigenvalue weighted by Crippen LogP contribution is 2.17. The van der Waals surface area contributed by atoms with E-state index in [4.69, 9.17) is 16.6 Å². The van der Waals surface area contributed by atoms with Crippen molar-refractivity contribution in [1.82, 2.24) is 19.9 Å². The van der Waals surface area contributed by atoms with E-state index in [-0.39, 0.29) is 0 Å². The lowest BCUT2D eigenvalue weighted by Gasteiger charge is -2.02. The molecule has 0 aromatic carbocycles. The number of carboxylic acids is 1. The van der Waals surface area contributed by atoms with Crippen LogP contribution in [0.3, 0.4) is 0 Å². The number of hydrogen-bond acceptors (Lipinski definition) is 5. The van der Waals surface area contributed by atoms with Crippen LogP contribution in [0.2, 0.25) is 0 Å². The Bertz CT molecular complexity index is 1280. The Kier molecular flexibility index (Phi) is 6.77. The van der Waals surface area contributed by atoms with Gasteiger partial charge in [-0.3, -0.25) is 4.79 Å². The molecule has 8 nitrogen and oxygen atoms in total. The minimum atomic E-state index is -0.955. The molecule has 0 saturated heterocycles. The van der Waals surface area contributed by atoms with E-state index >= 15 is 0 Å². The Morgan fingerprint density at radius 2 is 1.21 bits per heavy atom. The Hall–Kier alpha value is -4.01. The number of carbonyl (C=O) groups is 1. The molecule has 8 heteroatoms. The zero-order chi connectivity index (χ0) is 23.2. The second kappa shape index (κ2) is 10.1. The quantitative estimate of drug-likeness (QED) is 0.286. The van der Waals surface area contributed by atoms with Gasteiger partial charge >= 0.3 is 5.97 Å². The number of carboxylic acid groups (broad SMARTS) is 1. The Morgan fingerprint density at radius 3 is 1.64 bits per heavy atom. The second-order valence-corrected chi connectivity index (χ2v) is 7.78. The van der Waals surface area contributed by atoms with Crippen molar-refractivity contribution >= 4 is 52.3 Å². The molecule has 7 N–H and O–H groups in total. The van der Waals surface area contributed by atoms with E-state index in [0.717, 1.165) is 44.8 Å². The number of H-pyrrole nitrogens is 2. The van der Waals surface area contributed by atoms with E-state index < -0.39 is 12.0 Å². The fourth-order valence-electron chi connectivity index (χ4n) is 3.41. The van der Waals surface area contributed by atoms with Gasteiger partial charge in [0.2, 0.25) is 0 Å². The summed E-state index contributed by atoms with van der Waals surface area (Å²) in [6, 6.07) is 15.7. The molecule has 0 spiro atoms. The number of fused-ring (bicyclic) bond motifs is 8. The summed E-state index contributed by atoms with van der Waals surface area (Å²) in [5, 5.41) is 8.24. The van der Waals surface area contributed by atoms with Crippen molar-refractivity contribution in [2.75, 3.05) is 6.54 Å². The second-order valence-electron chi connectivity index (χ2n) is 7.78. The number of nitrogens with two attached hydrogens (primary N) is 2. The Morgan fingerprint density at radius 1 is 0.788 bits per heavy atom. The summed E-state index contributed by atoms with van der Waals surface area (Å²) in [5.74, 6) is -0.955. The van der Waals surface area contributed by atoms with Crippen LogP contribution in [0.25, 0.3) is 46.4 Å². The van der Waals surface area contributed by atoms with Gasteiger partial charge in [0.05, 0.1) is 22.8 Å². The first kappa shape index (κ1) is 22.2. The molecule has 0 radical (unpaired) electrons. The van der Waals surface area contributed by atoms with Crippen LogP contribution in [0.4, 0.5) is 0 Å². The van der Waals surface area contributed by atoms with E-state index in [9.17, 15) is 4.79 Å². The molecule has 33 heavy (non-hydrogen) atoms. The predicted molar refractivity (Wildman–Crippen MR) is 133 cm³/mol. The van der Waals surface area contributed by atoms with Crippen molar-refractivity contribution in [3.63, 3.8) is 0 Å². The van der Waals surface area contributed by atoms with Crippen LogP contribution in [-0.2, 0) is 4.79 Å². The average molecular weight is 443 g/mol. The molecule has 5 rings (SSSR count). The Labute approximate surface area is 190 Å². The van der Waals surface area contributed by atoms with Crippen LogP contribution < -0.4 is 11.5 Å². The summed E-state index contributed by atoms with van der Waals surface area (Å²) in [4.78, 5) is 26.1. The summed E-state index contributed by atoms with van der Waals surface area (Å²) < 4.78 is 0. The van der Waals surface area contributed by atoms with Crippen molar-refractivity contribution in [2.45, 2.75) is 18.9 Å². The monoisotopic (exact) mass is 442 g/mol. The average Bonchev–Trinajstić information content (AvgIpc) is 3.58. The molecule has 0 unspecified atom stereocenters. The number of nitrogens with zero attached hydrogens (tertiary/aromatic N) is 2.